The molecule has 2 rings (SSSR count). The van der Waals surface area contributed by atoms with E-state index in [1.54, 1.807) is 0 Å². The van der Waals surface area contributed by atoms with E-state index in [4.69, 9.17) is 5.11 Å². The predicted octanol–water partition coefficient (Wildman–Crippen LogP) is 2.62. The summed E-state index contributed by atoms with van der Waals surface area (Å²) in [5.41, 5.74) is 3.63. The van der Waals surface area contributed by atoms with Gasteiger partial charge in [0.15, 0.2) is 0 Å². The van der Waals surface area contributed by atoms with Gasteiger partial charge in [-0.3, -0.25) is 4.79 Å². The fourth-order valence-corrected chi connectivity index (χ4v) is 2.42. The van der Waals surface area contributed by atoms with Crippen LogP contribution >= 0.6 is 0 Å². The number of hydrogen-bond acceptors (Lipinski definition) is 2. The van der Waals surface area contributed by atoms with Crippen LogP contribution in [-0.2, 0) is 11.2 Å². The van der Waals surface area contributed by atoms with Gasteiger partial charge in [-0.05, 0) is 29.9 Å². The second kappa shape index (κ2) is 4.56. The first-order valence-corrected chi connectivity index (χ1v) is 5.79. The molecule has 0 spiro atoms. The Morgan fingerprint density at radius 3 is 3.06 bits per heavy atom. The number of aryl methyl sites for hydroxylation is 1. The molecule has 1 aliphatic heterocycles. The lowest BCUT2D eigenvalue weighted by atomic mass is 9.86. The van der Waals surface area contributed by atoms with Gasteiger partial charge in [0, 0.05) is 12.2 Å². The van der Waals surface area contributed by atoms with E-state index in [2.05, 4.69) is 18.3 Å². The fourth-order valence-electron chi connectivity index (χ4n) is 2.42. The summed E-state index contributed by atoms with van der Waals surface area (Å²) in [4.78, 5) is 10.8. The summed E-state index contributed by atoms with van der Waals surface area (Å²) in [7, 11) is 0. The molecule has 2 N–H and O–H groups in total. The van der Waals surface area contributed by atoms with Crippen LogP contribution in [0.15, 0.2) is 18.2 Å². The minimum atomic E-state index is -0.709. The SMILES string of the molecule is CCc1cccc2c1NCCC2CC(=O)O. The molecule has 1 heterocycles. The van der Waals surface area contributed by atoms with Gasteiger partial charge in [0.1, 0.15) is 0 Å². The van der Waals surface area contributed by atoms with Crippen LogP contribution in [0.3, 0.4) is 0 Å². The van der Waals surface area contributed by atoms with E-state index >= 15 is 0 Å². The Hall–Kier alpha value is -1.51. The highest BCUT2D eigenvalue weighted by Crippen LogP contribution is 2.36. The van der Waals surface area contributed by atoms with Gasteiger partial charge >= 0.3 is 5.97 Å². The van der Waals surface area contributed by atoms with Gasteiger partial charge in [-0.1, -0.05) is 25.1 Å². The standard InChI is InChI=1S/C13H17NO2/c1-2-9-4-3-5-11-10(8-12(15)16)6-7-14-13(9)11/h3-5,10,14H,2,6-8H2,1H3,(H,15,16). The van der Waals surface area contributed by atoms with E-state index in [-0.39, 0.29) is 12.3 Å². The molecule has 0 saturated heterocycles. The highest BCUT2D eigenvalue weighted by Gasteiger charge is 2.23. The topological polar surface area (TPSA) is 49.3 Å². The lowest BCUT2D eigenvalue weighted by molar-refractivity contribution is -0.137. The number of carboxylic acids is 1. The maximum Gasteiger partial charge on any atom is 0.303 e. The Balaban J connectivity index is 2.35. The molecule has 16 heavy (non-hydrogen) atoms. The van der Waals surface area contributed by atoms with Crippen molar-refractivity contribution in [1.82, 2.24) is 0 Å². The third-order valence-corrected chi connectivity index (χ3v) is 3.22. The van der Waals surface area contributed by atoms with Crippen LogP contribution < -0.4 is 5.32 Å². The molecule has 0 aliphatic carbocycles. The second-order valence-electron chi connectivity index (χ2n) is 4.25. The molecular formula is C13H17NO2. The molecule has 1 aromatic rings. The minimum Gasteiger partial charge on any atom is -0.481 e. The van der Waals surface area contributed by atoms with Gasteiger partial charge in [0.05, 0.1) is 6.42 Å². The summed E-state index contributed by atoms with van der Waals surface area (Å²) in [5.74, 6) is -0.542. The van der Waals surface area contributed by atoms with Crippen LogP contribution in [-0.4, -0.2) is 17.6 Å². The van der Waals surface area contributed by atoms with Gasteiger partial charge in [-0.15, -0.1) is 0 Å². The first-order valence-electron chi connectivity index (χ1n) is 5.79. The number of hydrogen-bond donors (Lipinski definition) is 2. The van der Waals surface area contributed by atoms with Crippen LogP contribution in [0, 0.1) is 0 Å². The molecule has 0 amide bonds. The molecule has 1 aromatic carbocycles. The molecule has 0 bridgehead atoms. The van der Waals surface area contributed by atoms with Crippen LogP contribution in [0.2, 0.25) is 0 Å². The summed E-state index contributed by atoms with van der Waals surface area (Å²) in [6.07, 6.45) is 2.13. The number of nitrogens with one attached hydrogen (secondary N) is 1. The third kappa shape index (κ3) is 2.03. The molecule has 0 fully saturated rings. The maximum atomic E-state index is 10.8. The first-order chi connectivity index (χ1) is 7.72. The van der Waals surface area contributed by atoms with Crippen molar-refractivity contribution in [2.24, 2.45) is 0 Å². The van der Waals surface area contributed by atoms with Crippen molar-refractivity contribution in [3.63, 3.8) is 0 Å². The van der Waals surface area contributed by atoms with Gasteiger partial charge in [-0.25, -0.2) is 0 Å². The molecule has 3 nitrogen and oxygen atoms in total. The number of anilines is 1. The lowest BCUT2D eigenvalue weighted by Crippen LogP contribution is -2.20. The quantitative estimate of drug-likeness (QED) is 0.821. The summed E-state index contributed by atoms with van der Waals surface area (Å²) in [5, 5.41) is 12.3. The smallest absolute Gasteiger partial charge is 0.303 e. The first kappa shape index (κ1) is 11.0. The van der Waals surface area contributed by atoms with E-state index < -0.39 is 5.97 Å². The van der Waals surface area contributed by atoms with Crippen molar-refractivity contribution < 1.29 is 9.90 Å². The van der Waals surface area contributed by atoms with Crippen molar-refractivity contribution in [2.75, 3.05) is 11.9 Å². The number of benzene rings is 1. The number of carbonyl (C=O) groups is 1. The molecule has 1 aliphatic rings. The zero-order valence-corrected chi connectivity index (χ0v) is 9.49. The molecule has 1 atom stereocenters. The molecule has 0 aromatic heterocycles. The molecule has 3 heteroatoms. The largest absolute Gasteiger partial charge is 0.481 e. The Kier molecular flexibility index (Phi) is 3.13. The maximum absolute atomic E-state index is 10.8. The highest BCUT2D eigenvalue weighted by atomic mass is 16.4. The van der Waals surface area contributed by atoms with Crippen LogP contribution in [0.1, 0.15) is 36.8 Å². The fraction of sp³-hybridized carbons (Fsp3) is 0.462. The minimum absolute atomic E-state index is 0.167. The molecule has 86 valence electrons. The van der Waals surface area contributed by atoms with E-state index in [9.17, 15) is 4.79 Å². The van der Waals surface area contributed by atoms with E-state index in [0.29, 0.717) is 0 Å². The van der Waals surface area contributed by atoms with Crippen molar-refractivity contribution in [3.05, 3.63) is 29.3 Å². The molecule has 1 unspecified atom stereocenters. The summed E-state index contributed by atoms with van der Waals surface area (Å²) in [6, 6.07) is 6.18. The number of rotatable bonds is 3. The Morgan fingerprint density at radius 1 is 1.56 bits per heavy atom. The highest BCUT2D eigenvalue weighted by molar-refractivity contribution is 5.70. The third-order valence-electron chi connectivity index (χ3n) is 3.22. The monoisotopic (exact) mass is 219 g/mol. The van der Waals surface area contributed by atoms with Crippen molar-refractivity contribution >= 4 is 11.7 Å². The average Bonchev–Trinajstić information content (AvgIpc) is 2.28. The lowest BCUT2D eigenvalue weighted by Gasteiger charge is -2.27. The van der Waals surface area contributed by atoms with Crippen LogP contribution in [0.5, 0.6) is 0 Å². The van der Waals surface area contributed by atoms with E-state index in [0.717, 1.165) is 19.4 Å². The zero-order valence-electron chi connectivity index (χ0n) is 9.49. The van der Waals surface area contributed by atoms with Crippen LogP contribution in [0.25, 0.3) is 0 Å². The van der Waals surface area contributed by atoms with Gasteiger partial charge in [0.25, 0.3) is 0 Å². The summed E-state index contributed by atoms with van der Waals surface area (Å²) >= 11 is 0. The number of aliphatic carboxylic acids is 1. The predicted molar refractivity (Wildman–Crippen MR) is 63.9 cm³/mol. The normalized spacial score (nSPS) is 18.7. The van der Waals surface area contributed by atoms with Crippen molar-refractivity contribution in [2.45, 2.75) is 32.1 Å². The molecule has 0 radical (unpaired) electrons. The Morgan fingerprint density at radius 2 is 2.38 bits per heavy atom. The average molecular weight is 219 g/mol. The van der Waals surface area contributed by atoms with E-state index in [1.165, 1.54) is 16.8 Å². The molecular weight excluding hydrogens is 202 g/mol. The number of para-hydroxylation sites is 1. The van der Waals surface area contributed by atoms with Crippen molar-refractivity contribution in [3.8, 4) is 0 Å². The zero-order chi connectivity index (χ0) is 11.5. The van der Waals surface area contributed by atoms with Crippen LogP contribution in [0.4, 0.5) is 5.69 Å². The number of carboxylic acid groups (broad SMARTS) is 1. The van der Waals surface area contributed by atoms with Gasteiger partial charge in [-0.2, -0.15) is 0 Å². The Bertz CT molecular complexity index is 401. The van der Waals surface area contributed by atoms with Gasteiger partial charge < -0.3 is 10.4 Å². The summed E-state index contributed by atoms with van der Waals surface area (Å²) in [6.45, 7) is 3.00. The summed E-state index contributed by atoms with van der Waals surface area (Å²) < 4.78 is 0. The van der Waals surface area contributed by atoms with Gasteiger partial charge in [0.2, 0.25) is 0 Å². The number of fused-ring (bicyclic) bond motifs is 1. The Labute approximate surface area is 95.5 Å². The molecule has 0 saturated carbocycles. The van der Waals surface area contributed by atoms with E-state index in [1.807, 2.05) is 12.1 Å². The second-order valence-corrected chi connectivity index (χ2v) is 4.25. The van der Waals surface area contributed by atoms with Crippen molar-refractivity contribution in [1.29, 1.82) is 0 Å².